The van der Waals surface area contributed by atoms with Crippen molar-refractivity contribution in [3.8, 4) is 11.5 Å². The monoisotopic (exact) mass is 323 g/mol. The molecule has 1 aromatic carbocycles. The fourth-order valence-electron chi connectivity index (χ4n) is 2.69. The maximum absolute atomic E-state index is 12.6. The molecule has 2 rings (SSSR count). The van der Waals surface area contributed by atoms with E-state index in [4.69, 9.17) is 9.47 Å². The molecule has 4 nitrogen and oxygen atoms in total. The minimum absolute atomic E-state index is 0.0869. The molecular formula is C17H25NO3S. The van der Waals surface area contributed by atoms with Crippen molar-refractivity contribution in [2.24, 2.45) is 0 Å². The van der Waals surface area contributed by atoms with E-state index in [0.717, 1.165) is 30.8 Å². The van der Waals surface area contributed by atoms with Gasteiger partial charge in [-0.3, -0.25) is 4.79 Å². The standard InChI is InChI=1S/C17H25NO3S/c1-13(17(19)18-10-6-4-5-7-11-18)22-14-8-9-15(20-2)16(12-14)21-3/h8-9,12-13H,4-7,10-11H2,1-3H3/t13-/m0/s1. The highest BCUT2D eigenvalue weighted by molar-refractivity contribution is 8.00. The summed E-state index contributed by atoms with van der Waals surface area (Å²) in [6.07, 6.45) is 4.72. The Kier molecular flexibility index (Phi) is 6.43. The molecule has 0 aliphatic carbocycles. The molecule has 1 aliphatic heterocycles. The van der Waals surface area contributed by atoms with Gasteiger partial charge in [0.2, 0.25) is 5.91 Å². The van der Waals surface area contributed by atoms with Crippen LogP contribution in [-0.4, -0.2) is 43.4 Å². The number of rotatable bonds is 5. The molecule has 1 amide bonds. The SMILES string of the molecule is COc1ccc(S[C@@H](C)C(=O)N2CCCCCC2)cc1OC. The van der Waals surface area contributed by atoms with E-state index in [-0.39, 0.29) is 11.2 Å². The number of benzene rings is 1. The summed E-state index contributed by atoms with van der Waals surface area (Å²) in [5, 5.41) is -0.0869. The van der Waals surface area contributed by atoms with Crippen molar-refractivity contribution < 1.29 is 14.3 Å². The van der Waals surface area contributed by atoms with Gasteiger partial charge in [0.05, 0.1) is 19.5 Å². The molecular weight excluding hydrogens is 298 g/mol. The van der Waals surface area contributed by atoms with Crippen molar-refractivity contribution in [1.82, 2.24) is 4.90 Å². The molecule has 1 heterocycles. The minimum Gasteiger partial charge on any atom is -0.493 e. The molecule has 0 bridgehead atoms. The lowest BCUT2D eigenvalue weighted by molar-refractivity contribution is -0.130. The van der Waals surface area contributed by atoms with Crippen molar-refractivity contribution in [1.29, 1.82) is 0 Å². The minimum atomic E-state index is -0.0869. The lowest BCUT2D eigenvalue weighted by atomic mass is 10.2. The first-order valence-corrected chi connectivity index (χ1v) is 8.71. The molecule has 0 saturated carbocycles. The van der Waals surface area contributed by atoms with Gasteiger partial charge in [-0.25, -0.2) is 0 Å². The molecule has 1 saturated heterocycles. The highest BCUT2D eigenvalue weighted by atomic mass is 32.2. The molecule has 1 aromatic rings. The van der Waals surface area contributed by atoms with Crippen molar-refractivity contribution >= 4 is 17.7 Å². The van der Waals surface area contributed by atoms with Crippen LogP contribution in [0.5, 0.6) is 11.5 Å². The second-order valence-electron chi connectivity index (χ2n) is 5.52. The first-order chi connectivity index (χ1) is 10.7. The predicted octanol–water partition coefficient (Wildman–Crippen LogP) is 3.59. The lowest BCUT2D eigenvalue weighted by Crippen LogP contribution is -2.37. The van der Waals surface area contributed by atoms with E-state index in [1.165, 1.54) is 12.8 Å². The first-order valence-electron chi connectivity index (χ1n) is 7.83. The Morgan fingerprint density at radius 3 is 2.32 bits per heavy atom. The normalized spacial score (nSPS) is 16.8. The van der Waals surface area contributed by atoms with E-state index in [1.807, 2.05) is 30.0 Å². The highest BCUT2D eigenvalue weighted by Crippen LogP contribution is 2.34. The Morgan fingerprint density at radius 1 is 1.09 bits per heavy atom. The molecule has 1 fully saturated rings. The number of carbonyl (C=O) groups is 1. The number of amides is 1. The summed E-state index contributed by atoms with van der Waals surface area (Å²) in [6, 6.07) is 5.78. The topological polar surface area (TPSA) is 38.8 Å². The molecule has 22 heavy (non-hydrogen) atoms. The Morgan fingerprint density at radius 2 is 1.73 bits per heavy atom. The van der Waals surface area contributed by atoms with E-state index in [9.17, 15) is 4.79 Å². The molecule has 0 N–H and O–H groups in total. The van der Waals surface area contributed by atoms with Crippen molar-refractivity contribution in [2.45, 2.75) is 42.8 Å². The molecule has 1 aliphatic rings. The number of carbonyl (C=O) groups excluding carboxylic acids is 1. The van der Waals surface area contributed by atoms with Crippen LogP contribution in [0.4, 0.5) is 0 Å². The number of hydrogen-bond acceptors (Lipinski definition) is 4. The summed E-state index contributed by atoms with van der Waals surface area (Å²) in [7, 11) is 3.24. The van der Waals surface area contributed by atoms with Crippen LogP contribution in [0, 0.1) is 0 Å². The smallest absolute Gasteiger partial charge is 0.235 e. The quantitative estimate of drug-likeness (QED) is 0.776. The number of hydrogen-bond donors (Lipinski definition) is 0. The zero-order chi connectivity index (χ0) is 15.9. The number of likely N-dealkylation sites (tertiary alicyclic amines) is 1. The number of nitrogens with zero attached hydrogens (tertiary/aromatic N) is 1. The zero-order valence-corrected chi connectivity index (χ0v) is 14.4. The van der Waals surface area contributed by atoms with E-state index >= 15 is 0 Å². The Balaban J connectivity index is 2.01. The van der Waals surface area contributed by atoms with Gasteiger partial charge in [0.1, 0.15) is 0 Å². The molecule has 122 valence electrons. The molecule has 0 spiro atoms. The lowest BCUT2D eigenvalue weighted by Gasteiger charge is -2.24. The fourth-order valence-corrected chi connectivity index (χ4v) is 3.67. The van der Waals surface area contributed by atoms with Crippen LogP contribution in [0.15, 0.2) is 23.1 Å². The van der Waals surface area contributed by atoms with Gasteiger partial charge in [0, 0.05) is 18.0 Å². The van der Waals surface area contributed by atoms with Gasteiger partial charge in [0.25, 0.3) is 0 Å². The summed E-state index contributed by atoms with van der Waals surface area (Å²) in [4.78, 5) is 15.6. The van der Waals surface area contributed by atoms with Crippen LogP contribution in [0.3, 0.4) is 0 Å². The fraction of sp³-hybridized carbons (Fsp3) is 0.588. The van der Waals surface area contributed by atoms with E-state index < -0.39 is 0 Å². The predicted molar refractivity (Wildman–Crippen MR) is 89.9 cm³/mol. The van der Waals surface area contributed by atoms with Crippen LogP contribution < -0.4 is 9.47 Å². The number of thioether (sulfide) groups is 1. The van der Waals surface area contributed by atoms with Crippen LogP contribution in [0.2, 0.25) is 0 Å². The first kappa shape index (κ1) is 17.0. The average Bonchev–Trinajstić information content (AvgIpc) is 2.83. The second kappa shape index (κ2) is 8.32. The third-order valence-electron chi connectivity index (χ3n) is 3.93. The van der Waals surface area contributed by atoms with Gasteiger partial charge in [-0.1, -0.05) is 12.8 Å². The maximum Gasteiger partial charge on any atom is 0.235 e. The zero-order valence-electron chi connectivity index (χ0n) is 13.6. The van der Waals surface area contributed by atoms with Crippen LogP contribution in [0.25, 0.3) is 0 Å². The largest absolute Gasteiger partial charge is 0.493 e. The van der Waals surface area contributed by atoms with E-state index in [0.29, 0.717) is 11.5 Å². The van der Waals surface area contributed by atoms with Crippen molar-refractivity contribution in [3.05, 3.63) is 18.2 Å². The van der Waals surface area contributed by atoms with E-state index in [1.54, 1.807) is 26.0 Å². The molecule has 0 aromatic heterocycles. The van der Waals surface area contributed by atoms with Crippen molar-refractivity contribution in [2.75, 3.05) is 27.3 Å². The summed E-state index contributed by atoms with van der Waals surface area (Å²) < 4.78 is 10.6. The van der Waals surface area contributed by atoms with Gasteiger partial charge in [0.15, 0.2) is 11.5 Å². The Hall–Kier alpha value is -1.36. The highest BCUT2D eigenvalue weighted by Gasteiger charge is 2.22. The second-order valence-corrected chi connectivity index (χ2v) is 6.93. The summed E-state index contributed by atoms with van der Waals surface area (Å²) in [6.45, 7) is 3.78. The van der Waals surface area contributed by atoms with Gasteiger partial charge >= 0.3 is 0 Å². The molecule has 0 radical (unpaired) electrons. The average molecular weight is 323 g/mol. The summed E-state index contributed by atoms with van der Waals surface area (Å²) in [5.41, 5.74) is 0. The maximum atomic E-state index is 12.6. The van der Waals surface area contributed by atoms with Crippen LogP contribution in [0.1, 0.15) is 32.6 Å². The van der Waals surface area contributed by atoms with Gasteiger partial charge in [-0.15, -0.1) is 11.8 Å². The van der Waals surface area contributed by atoms with E-state index in [2.05, 4.69) is 0 Å². The number of ether oxygens (including phenoxy) is 2. The van der Waals surface area contributed by atoms with Gasteiger partial charge in [-0.05, 0) is 38.0 Å². The van der Waals surface area contributed by atoms with Gasteiger partial charge < -0.3 is 14.4 Å². The van der Waals surface area contributed by atoms with Crippen LogP contribution >= 0.6 is 11.8 Å². The Labute approximate surface area is 137 Å². The molecule has 0 unspecified atom stereocenters. The van der Waals surface area contributed by atoms with Gasteiger partial charge in [-0.2, -0.15) is 0 Å². The summed E-state index contributed by atoms with van der Waals surface area (Å²) >= 11 is 1.57. The third kappa shape index (κ3) is 4.32. The van der Waals surface area contributed by atoms with Crippen molar-refractivity contribution in [3.63, 3.8) is 0 Å². The molecule has 1 atom stereocenters. The molecule has 5 heteroatoms. The van der Waals surface area contributed by atoms with Crippen LogP contribution in [-0.2, 0) is 4.79 Å². The Bertz CT molecular complexity index is 499. The number of methoxy groups -OCH3 is 2. The summed E-state index contributed by atoms with van der Waals surface area (Å²) in [5.74, 6) is 1.64. The third-order valence-corrected chi connectivity index (χ3v) is 5.01.